The summed E-state index contributed by atoms with van der Waals surface area (Å²) in [6, 6.07) is 21.2. The molecule has 2 aromatic carbocycles. The molecule has 1 heterocycles. The van der Waals surface area contributed by atoms with Crippen molar-refractivity contribution in [2.24, 2.45) is 0 Å². The molecule has 0 saturated heterocycles. The summed E-state index contributed by atoms with van der Waals surface area (Å²) in [5, 5.41) is 7.53. The third-order valence-corrected chi connectivity index (χ3v) is 5.42. The van der Waals surface area contributed by atoms with Crippen LogP contribution < -0.4 is 16.0 Å². The molecule has 1 aromatic heterocycles. The summed E-state index contributed by atoms with van der Waals surface area (Å²) in [6.07, 6.45) is 2.66. The molecule has 0 bridgehead atoms. The van der Waals surface area contributed by atoms with Gasteiger partial charge in [0, 0.05) is 11.8 Å². The fourth-order valence-corrected chi connectivity index (χ4v) is 3.50. The highest BCUT2D eigenvalue weighted by molar-refractivity contribution is 5.92. The summed E-state index contributed by atoms with van der Waals surface area (Å²) in [6.45, 7) is 3.11. The van der Waals surface area contributed by atoms with E-state index in [9.17, 15) is 19.2 Å². The van der Waals surface area contributed by atoms with Crippen molar-refractivity contribution in [3.05, 3.63) is 103 Å². The number of pyridine rings is 1. The standard InChI is InChI=1S/C29H30N4O5/c1-2-9-26(33-29(37)38-20-21-10-4-3-5-11-21)28(36)32-19-24(34)18-31-27(35)17-22-12-8-13-23(16-22)25-14-6-7-15-30-25/h2-8,10-16,26H,1,9,17-20H2,(H,31,35)(H,32,36)(H,33,37). The largest absolute Gasteiger partial charge is 0.445 e. The number of hydrogen-bond acceptors (Lipinski definition) is 6. The van der Waals surface area contributed by atoms with E-state index in [1.165, 1.54) is 6.08 Å². The Balaban J connectivity index is 1.40. The first-order valence-corrected chi connectivity index (χ1v) is 12.1. The number of ketones is 1. The third-order valence-electron chi connectivity index (χ3n) is 5.42. The minimum absolute atomic E-state index is 0.0563. The van der Waals surface area contributed by atoms with E-state index < -0.39 is 23.8 Å². The second-order valence-corrected chi connectivity index (χ2v) is 8.41. The number of hydrogen-bond donors (Lipinski definition) is 3. The number of nitrogens with zero attached hydrogens (tertiary/aromatic N) is 1. The summed E-state index contributed by atoms with van der Waals surface area (Å²) in [4.78, 5) is 53.5. The molecule has 3 rings (SSSR count). The van der Waals surface area contributed by atoms with Crippen LogP contribution in [0.5, 0.6) is 0 Å². The lowest BCUT2D eigenvalue weighted by atomic mass is 10.1. The average molecular weight is 515 g/mol. The van der Waals surface area contributed by atoms with Crippen molar-refractivity contribution < 1.29 is 23.9 Å². The van der Waals surface area contributed by atoms with Gasteiger partial charge in [0.1, 0.15) is 12.6 Å². The number of rotatable bonds is 13. The van der Waals surface area contributed by atoms with Gasteiger partial charge in [0.15, 0.2) is 5.78 Å². The zero-order valence-electron chi connectivity index (χ0n) is 20.9. The molecule has 9 nitrogen and oxygen atoms in total. The van der Waals surface area contributed by atoms with E-state index in [1.807, 2.05) is 72.8 Å². The fraction of sp³-hybridized carbons (Fsp3) is 0.207. The van der Waals surface area contributed by atoms with E-state index in [4.69, 9.17) is 4.74 Å². The van der Waals surface area contributed by atoms with Crippen LogP contribution in [0.25, 0.3) is 11.3 Å². The Morgan fingerprint density at radius 1 is 0.895 bits per heavy atom. The van der Waals surface area contributed by atoms with E-state index in [0.29, 0.717) is 0 Å². The van der Waals surface area contributed by atoms with Gasteiger partial charge in [-0.2, -0.15) is 0 Å². The summed E-state index contributed by atoms with van der Waals surface area (Å²) in [5.74, 6) is -1.28. The molecule has 0 fully saturated rings. The maximum Gasteiger partial charge on any atom is 0.408 e. The zero-order chi connectivity index (χ0) is 27.2. The lowest BCUT2D eigenvalue weighted by Gasteiger charge is -2.17. The highest BCUT2D eigenvalue weighted by atomic mass is 16.5. The molecule has 0 radical (unpaired) electrons. The number of aromatic nitrogens is 1. The van der Waals surface area contributed by atoms with Gasteiger partial charge < -0.3 is 20.7 Å². The van der Waals surface area contributed by atoms with E-state index in [-0.39, 0.29) is 38.4 Å². The molecular formula is C29H30N4O5. The molecule has 3 aromatic rings. The van der Waals surface area contributed by atoms with Gasteiger partial charge in [0.25, 0.3) is 0 Å². The molecule has 3 N–H and O–H groups in total. The number of benzene rings is 2. The maximum atomic E-state index is 12.5. The Bertz CT molecular complexity index is 1250. The zero-order valence-corrected chi connectivity index (χ0v) is 20.9. The number of alkyl carbamates (subject to hydrolysis) is 1. The van der Waals surface area contributed by atoms with Crippen molar-refractivity contribution in [1.29, 1.82) is 0 Å². The van der Waals surface area contributed by atoms with Crippen LogP contribution in [0.15, 0.2) is 91.6 Å². The number of nitrogens with one attached hydrogen (secondary N) is 3. The molecule has 9 heteroatoms. The average Bonchev–Trinajstić information content (AvgIpc) is 2.94. The van der Waals surface area contributed by atoms with E-state index >= 15 is 0 Å². The Labute approximate surface area is 221 Å². The summed E-state index contributed by atoms with van der Waals surface area (Å²) in [5.41, 5.74) is 3.28. The molecule has 0 spiro atoms. The highest BCUT2D eigenvalue weighted by Crippen LogP contribution is 2.18. The van der Waals surface area contributed by atoms with Crippen molar-refractivity contribution in [3.63, 3.8) is 0 Å². The summed E-state index contributed by atoms with van der Waals surface area (Å²) in [7, 11) is 0. The number of amides is 3. The van der Waals surface area contributed by atoms with Crippen molar-refractivity contribution >= 4 is 23.7 Å². The van der Waals surface area contributed by atoms with Crippen molar-refractivity contribution in [3.8, 4) is 11.3 Å². The molecular weight excluding hydrogens is 484 g/mol. The topological polar surface area (TPSA) is 126 Å². The van der Waals surface area contributed by atoms with Crippen LogP contribution in [-0.4, -0.2) is 47.8 Å². The smallest absolute Gasteiger partial charge is 0.408 e. The van der Waals surface area contributed by atoms with Crippen molar-refractivity contribution in [2.45, 2.75) is 25.5 Å². The summed E-state index contributed by atoms with van der Waals surface area (Å²) >= 11 is 0. The minimum atomic E-state index is -0.954. The fourth-order valence-electron chi connectivity index (χ4n) is 3.50. The normalized spacial score (nSPS) is 11.1. The van der Waals surface area contributed by atoms with Gasteiger partial charge in [0.05, 0.1) is 25.2 Å². The maximum absolute atomic E-state index is 12.5. The van der Waals surface area contributed by atoms with Gasteiger partial charge in [0.2, 0.25) is 11.8 Å². The number of carbonyl (C=O) groups excluding carboxylic acids is 4. The highest BCUT2D eigenvalue weighted by Gasteiger charge is 2.21. The van der Waals surface area contributed by atoms with Gasteiger partial charge in [-0.3, -0.25) is 19.4 Å². The third kappa shape index (κ3) is 9.34. The van der Waals surface area contributed by atoms with Gasteiger partial charge in [-0.1, -0.05) is 60.7 Å². The van der Waals surface area contributed by atoms with Crippen LogP contribution in [0.4, 0.5) is 4.79 Å². The Hall–Kier alpha value is -4.79. The minimum Gasteiger partial charge on any atom is -0.445 e. The van der Waals surface area contributed by atoms with E-state index in [1.54, 1.807) is 6.20 Å². The van der Waals surface area contributed by atoms with Crippen molar-refractivity contribution in [2.75, 3.05) is 13.1 Å². The van der Waals surface area contributed by atoms with Crippen LogP contribution in [-0.2, 0) is 32.1 Å². The molecule has 1 unspecified atom stereocenters. The monoisotopic (exact) mass is 514 g/mol. The SMILES string of the molecule is C=CCC(NC(=O)OCc1ccccc1)C(=O)NCC(=O)CNC(=O)Cc1cccc(-c2ccccn2)c1. The molecule has 0 saturated carbocycles. The van der Waals surface area contributed by atoms with Gasteiger partial charge in [-0.05, 0) is 35.7 Å². The van der Waals surface area contributed by atoms with Crippen LogP contribution >= 0.6 is 0 Å². The second kappa shape index (κ2) is 14.7. The first-order chi connectivity index (χ1) is 18.4. The van der Waals surface area contributed by atoms with Gasteiger partial charge in [-0.15, -0.1) is 6.58 Å². The first kappa shape index (κ1) is 27.8. The Morgan fingerprint density at radius 2 is 1.63 bits per heavy atom. The number of ether oxygens (including phenoxy) is 1. The second-order valence-electron chi connectivity index (χ2n) is 8.41. The Kier molecular flexibility index (Phi) is 10.7. The quantitative estimate of drug-likeness (QED) is 0.301. The molecule has 38 heavy (non-hydrogen) atoms. The summed E-state index contributed by atoms with van der Waals surface area (Å²) < 4.78 is 5.14. The van der Waals surface area contributed by atoms with Crippen LogP contribution in [0, 0.1) is 0 Å². The lowest BCUT2D eigenvalue weighted by Crippen LogP contribution is -2.48. The van der Waals surface area contributed by atoms with E-state index in [0.717, 1.165) is 22.4 Å². The lowest BCUT2D eigenvalue weighted by molar-refractivity contribution is -0.127. The number of carbonyl (C=O) groups is 4. The van der Waals surface area contributed by atoms with Crippen molar-refractivity contribution in [1.82, 2.24) is 20.9 Å². The van der Waals surface area contributed by atoms with Crippen LogP contribution in [0.1, 0.15) is 17.5 Å². The molecule has 0 aliphatic rings. The van der Waals surface area contributed by atoms with Crippen LogP contribution in [0.2, 0.25) is 0 Å². The first-order valence-electron chi connectivity index (χ1n) is 12.1. The molecule has 196 valence electrons. The predicted molar refractivity (Wildman–Crippen MR) is 143 cm³/mol. The molecule has 0 aliphatic carbocycles. The Morgan fingerprint density at radius 3 is 2.37 bits per heavy atom. The molecule has 0 aliphatic heterocycles. The predicted octanol–water partition coefficient (Wildman–Crippen LogP) is 2.96. The van der Waals surface area contributed by atoms with E-state index in [2.05, 4.69) is 27.5 Å². The van der Waals surface area contributed by atoms with Gasteiger partial charge >= 0.3 is 6.09 Å². The van der Waals surface area contributed by atoms with Gasteiger partial charge in [-0.25, -0.2) is 4.79 Å². The number of Topliss-reactive ketones (excluding diaryl/α,β-unsaturated/α-hetero) is 1. The molecule has 3 amide bonds. The van der Waals surface area contributed by atoms with Crippen LogP contribution in [0.3, 0.4) is 0 Å². The molecule has 1 atom stereocenters.